The third kappa shape index (κ3) is 5.45. The summed E-state index contributed by atoms with van der Waals surface area (Å²) in [6.45, 7) is 3.59. The molecule has 5 rings (SSSR count). The van der Waals surface area contributed by atoms with Gasteiger partial charge >= 0.3 is 0 Å². The molecule has 7 heteroatoms. The van der Waals surface area contributed by atoms with Crippen LogP contribution in [0.5, 0.6) is 0 Å². The van der Waals surface area contributed by atoms with Gasteiger partial charge in [-0.05, 0) is 81.2 Å². The van der Waals surface area contributed by atoms with Crippen molar-refractivity contribution in [3.8, 4) is 11.4 Å². The number of rotatable bonds is 7. The van der Waals surface area contributed by atoms with Gasteiger partial charge in [-0.2, -0.15) is 0 Å². The highest BCUT2D eigenvalue weighted by Gasteiger charge is 2.18. The fourth-order valence-corrected chi connectivity index (χ4v) is 4.91. The number of likely N-dealkylation sites (tertiary alicyclic amines) is 1. The Morgan fingerprint density at radius 3 is 2.79 bits per heavy atom. The Labute approximate surface area is 204 Å². The zero-order chi connectivity index (χ0) is 23.3. The summed E-state index contributed by atoms with van der Waals surface area (Å²) in [5.41, 5.74) is 2.98. The average molecular weight is 478 g/mol. The number of aromatic nitrogens is 3. The predicted octanol–water partition coefficient (Wildman–Crippen LogP) is 6.27. The fourth-order valence-electron chi connectivity index (χ4n) is 4.68. The molecular formula is C27H29ClFN5. The Hall–Kier alpha value is -2.83. The third-order valence-corrected chi connectivity index (χ3v) is 6.86. The van der Waals surface area contributed by atoms with Gasteiger partial charge in [-0.1, -0.05) is 30.2 Å². The van der Waals surface area contributed by atoms with Crippen molar-refractivity contribution in [1.29, 1.82) is 0 Å². The van der Waals surface area contributed by atoms with Crippen molar-refractivity contribution in [1.82, 2.24) is 19.9 Å². The van der Waals surface area contributed by atoms with E-state index in [1.807, 2.05) is 12.1 Å². The van der Waals surface area contributed by atoms with Crippen LogP contribution in [0.1, 0.15) is 37.7 Å². The van der Waals surface area contributed by atoms with Crippen LogP contribution in [0.15, 0.2) is 65.7 Å². The number of pyridine rings is 1. The molecule has 3 aromatic rings. The van der Waals surface area contributed by atoms with Gasteiger partial charge in [-0.3, -0.25) is 4.98 Å². The van der Waals surface area contributed by atoms with Gasteiger partial charge in [0.05, 0.1) is 16.6 Å². The molecule has 1 N–H and O–H groups in total. The topological polar surface area (TPSA) is 53.9 Å². The normalized spacial score (nSPS) is 19.1. The van der Waals surface area contributed by atoms with Gasteiger partial charge in [0.2, 0.25) is 0 Å². The van der Waals surface area contributed by atoms with E-state index < -0.39 is 0 Å². The molecule has 2 aromatic heterocycles. The van der Waals surface area contributed by atoms with Crippen LogP contribution < -0.4 is 5.32 Å². The second kappa shape index (κ2) is 10.6. The van der Waals surface area contributed by atoms with Crippen LogP contribution in [0.3, 0.4) is 0 Å². The minimum atomic E-state index is -0.376. The van der Waals surface area contributed by atoms with E-state index in [1.54, 1.807) is 18.5 Å². The number of hydrogen-bond acceptors (Lipinski definition) is 5. The van der Waals surface area contributed by atoms with Gasteiger partial charge in [0.25, 0.3) is 0 Å². The molecule has 2 aliphatic rings. The number of nitrogens with one attached hydrogen (secondary N) is 1. The molecule has 1 aromatic carbocycles. The lowest BCUT2D eigenvalue weighted by atomic mass is 10.0. The van der Waals surface area contributed by atoms with Gasteiger partial charge in [0.1, 0.15) is 11.6 Å². The van der Waals surface area contributed by atoms with E-state index in [0.29, 0.717) is 12.2 Å². The fraction of sp³-hybridized carbons (Fsp3) is 0.370. The quantitative estimate of drug-likeness (QED) is 0.434. The number of hydrogen-bond donors (Lipinski definition) is 1. The third-order valence-electron chi connectivity index (χ3n) is 6.52. The molecule has 0 spiro atoms. The van der Waals surface area contributed by atoms with Crippen molar-refractivity contribution in [3.05, 3.63) is 71.3 Å². The molecule has 0 amide bonds. The van der Waals surface area contributed by atoms with Crippen molar-refractivity contribution in [2.24, 2.45) is 0 Å². The number of nitrogens with zero attached hydrogens (tertiary/aromatic N) is 4. The Bertz CT molecular complexity index is 1200. The maximum absolute atomic E-state index is 13.7. The number of aryl methyl sites for hydroxylation is 1. The standard InChI is InChI=1S/C27H29ClFN5/c28-23-17-21(9-10-24(23)29)31-27-22-16-19(6-5-15-34-13-2-1-3-14-34)8-11-25(22)32-26(33-27)20-7-4-12-30-18-20/h4,7-12,16,18,21H,1-3,5-6,13-15,17H2,(H,31,32,33). The summed E-state index contributed by atoms with van der Waals surface area (Å²) in [7, 11) is 0. The average Bonchev–Trinajstić information content (AvgIpc) is 2.87. The molecular weight excluding hydrogens is 449 g/mol. The van der Waals surface area contributed by atoms with E-state index in [1.165, 1.54) is 44.0 Å². The molecule has 1 atom stereocenters. The zero-order valence-electron chi connectivity index (χ0n) is 19.2. The lowest BCUT2D eigenvalue weighted by molar-refractivity contribution is 0.226. The van der Waals surface area contributed by atoms with E-state index in [2.05, 4.69) is 33.4 Å². The lowest BCUT2D eigenvalue weighted by Gasteiger charge is -2.26. The van der Waals surface area contributed by atoms with Crippen LogP contribution in [0, 0.1) is 0 Å². The molecule has 176 valence electrons. The molecule has 1 fully saturated rings. The van der Waals surface area contributed by atoms with E-state index in [9.17, 15) is 4.39 Å². The van der Waals surface area contributed by atoms with Gasteiger partial charge < -0.3 is 10.2 Å². The molecule has 34 heavy (non-hydrogen) atoms. The van der Waals surface area contributed by atoms with Crippen LogP contribution >= 0.6 is 11.6 Å². The van der Waals surface area contributed by atoms with Crippen LogP contribution in [0.4, 0.5) is 10.2 Å². The highest BCUT2D eigenvalue weighted by atomic mass is 35.5. The smallest absolute Gasteiger partial charge is 0.163 e. The Balaban J connectivity index is 1.41. The molecule has 0 bridgehead atoms. The van der Waals surface area contributed by atoms with Crippen molar-refractivity contribution in [2.75, 3.05) is 25.0 Å². The highest BCUT2D eigenvalue weighted by Crippen LogP contribution is 2.30. The summed E-state index contributed by atoms with van der Waals surface area (Å²) < 4.78 is 13.7. The van der Waals surface area contributed by atoms with Crippen LogP contribution in [0.2, 0.25) is 0 Å². The molecule has 5 nitrogen and oxygen atoms in total. The summed E-state index contributed by atoms with van der Waals surface area (Å²) in [5, 5.41) is 4.66. The first kappa shape index (κ1) is 22.9. The molecule has 3 heterocycles. The molecule has 1 aliphatic carbocycles. The Morgan fingerprint density at radius 2 is 2.00 bits per heavy atom. The first-order valence-electron chi connectivity index (χ1n) is 12.1. The number of allylic oxidation sites excluding steroid dienone is 2. The van der Waals surface area contributed by atoms with Gasteiger partial charge in [0, 0.05) is 29.8 Å². The maximum atomic E-state index is 13.7. The number of piperidine rings is 1. The predicted molar refractivity (Wildman–Crippen MR) is 137 cm³/mol. The minimum absolute atomic E-state index is 0.144. The maximum Gasteiger partial charge on any atom is 0.163 e. The second-order valence-corrected chi connectivity index (χ2v) is 9.52. The molecule has 0 radical (unpaired) electrons. The van der Waals surface area contributed by atoms with Gasteiger partial charge in [0.15, 0.2) is 5.82 Å². The summed E-state index contributed by atoms with van der Waals surface area (Å²) in [6, 6.07) is 10.1. The van der Waals surface area contributed by atoms with Crippen LogP contribution in [-0.2, 0) is 6.42 Å². The lowest BCUT2D eigenvalue weighted by Crippen LogP contribution is -2.30. The molecule has 1 aliphatic heterocycles. The minimum Gasteiger partial charge on any atom is -0.363 e. The summed E-state index contributed by atoms with van der Waals surface area (Å²) >= 11 is 6.09. The van der Waals surface area contributed by atoms with E-state index in [-0.39, 0.29) is 16.9 Å². The van der Waals surface area contributed by atoms with Gasteiger partial charge in [-0.15, -0.1) is 0 Å². The molecule has 1 saturated heterocycles. The Morgan fingerprint density at radius 1 is 1.12 bits per heavy atom. The first-order chi connectivity index (χ1) is 16.7. The number of benzene rings is 1. The van der Waals surface area contributed by atoms with Crippen molar-refractivity contribution < 1.29 is 4.39 Å². The number of halogens is 2. The van der Waals surface area contributed by atoms with Gasteiger partial charge in [-0.25, -0.2) is 14.4 Å². The van der Waals surface area contributed by atoms with Crippen LogP contribution in [0.25, 0.3) is 22.3 Å². The zero-order valence-corrected chi connectivity index (χ0v) is 19.9. The molecule has 1 unspecified atom stereocenters. The molecule has 0 saturated carbocycles. The van der Waals surface area contributed by atoms with Crippen molar-refractivity contribution in [3.63, 3.8) is 0 Å². The second-order valence-electron chi connectivity index (χ2n) is 9.06. The highest BCUT2D eigenvalue weighted by molar-refractivity contribution is 6.30. The van der Waals surface area contributed by atoms with Crippen molar-refractivity contribution in [2.45, 2.75) is 44.6 Å². The van der Waals surface area contributed by atoms with Crippen molar-refractivity contribution >= 4 is 28.3 Å². The summed E-state index contributed by atoms with van der Waals surface area (Å²) in [4.78, 5) is 16.4. The monoisotopic (exact) mass is 477 g/mol. The number of anilines is 1. The van der Waals surface area contributed by atoms with E-state index in [0.717, 1.165) is 41.7 Å². The largest absolute Gasteiger partial charge is 0.363 e. The first-order valence-corrected chi connectivity index (χ1v) is 12.5. The van der Waals surface area contributed by atoms with Crippen LogP contribution in [-0.4, -0.2) is 45.5 Å². The Kier molecular flexibility index (Phi) is 7.16. The van der Waals surface area contributed by atoms with E-state index >= 15 is 0 Å². The number of fused-ring (bicyclic) bond motifs is 1. The summed E-state index contributed by atoms with van der Waals surface area (Å²) in [6.07, 6.45) is 13.2. The SMILES string of the molecule is FC1=C(Cl)CC(Nc2nc(-c3cccnc3)nc3ccc(CCCN4CCCCC4)cc23)C=C1. The van der Waals surface area contributed by atoms with E-state index in [4.69, 9.17) is 21.6 Å². The summed E-state index contributed by atoms with van der Waals surface area (Å²) in [5.74, 6) is 0.955.